The molecule has 0 unspecified atom stereocenters. The first-order valence-electron chi connectivity index (χ1n) is 7.99. The van der Waals surface area contributed by atoms with Gasteiger partial charge in [-0.1, -0.05) is 66.2 Å². The van der Waals surface area contributed by atoms with Crippen LogP contribution in [0.1, 0.15) is 85.5 Å². The molecule has 0 amide bonds. The van der Waals surface area contributed by atoms with Gasteiger partial charge in [0.2, 0.25) is 0 Å². The SMILES string of the molecule is C#CCCC[C@H](C)CCC[C@H](C)CCCC(C)C. The molecule has 2 atom stereocenters. The molecule has 0 aliphatic heterocycles. The van der Waals surface area contributed by atoms with Crippen molar-refractivity contribution in [3.05, 3.63) is 0 Å². The van der Waals surface area contributed by atoms with Crippen molar-refractivity contribution in [2.75, 3.05) is 0 Å². The maximum atomic E-state index is 5.27. The molecule has 0 heterocycles. The lowest BCUT2D eigenvalue weighted by Crippen LogP contribution is -2.00. The third kappa shape index (κ3) is 12.0. The van der Waals surface area contributed by atoms with Gasteiger partial charge in [-0.15, -0.1) is 12.3 Å². The minimum absolute atomic E-state index is 0.862. The third-order valence-corrected chi connectivity index (χ3v) is 3.89. The van der Waals surface area contributed by atoms with E-state index in [4.69, 9.17) is 6.42 Å². The Balaban J connectivity index is 3.38. The second kappa shape index (κ2) is 11.6. The van der Waals surface area contributed by atoms with Crippen LogP contribution in [0.4, 0.5) is 0 Å². The molecule has 0 fully saturated rings. The second-order valence-electron chi connectivity index (χ2n) is 6.56. The Morgan fingerprint density at radius 2 is 1.17 bits per heavy atom. The van der Waals surface area contributed by atoms with Crippen molar-refractivity contribution in [3.63, 3.8) is 0 Å². The van der Waals surface area contributed by atoms with Crippen LogP contribution in [-0.4, -0.2) is 0 Å². The van der Waals surface area contributed by atoms with Crippen LogP contribution >= 0.6 is 0 Å². The monoisotopic (exact) mass is 250 g/mol. The zero-order chi connectivity index (χ0) is 13.8. The van der Waals surface area contributed by atoms with Crippen molar-refractivity contribution < 1.29 is 0 Å². The van der Waals surface area contributed by atoms with Crippen LogP contribution in [0, 0.1) is 30.1 Å². The van der Waals surface area contributed by atoms with E-state index in [1.165, 1.54) is 51.4 Å². The van der Waals surface area contributed by atoms with Crippen LogP contribution < -0.4 is 0 Å². The van der Waals surface area contributed by atoms with Crippen LogP contribution in [0.15, 0.2) is 0 Å². The predicted octanol–water partition coefficient (Wildman–Crippen LogP) is 6.06. The van der Waals surface area contributed by atoms with Crippen molar-refractivity contribution in [2.45, 2.75) is 85.5 Å². The van der Waals surface area contributed by atoms with Gasteiger partial charge >= 0.3 is 0 Å². The van der Waals surface area contributed by atoms with Gasteiger partial charge in [-0.2, -0.15) is 0 Å². The molecule has 106 valence electrons. The minimum atomic E-state index is 0.862. The molecule has 0 aliphatic carbocycles. The Kier molecular flexibility index (Phi) is 11.4. The predicted molar refractivity (Wildman–Crippen MR) is 83.6 cm³/mol. The molecular formula is C18H34. The van der Waals surface area contributed by atoms with Crippen LogP contribution in [0.2, 0.25) is 0 Å². The number of hydrogen-bond donors (Lipinski definition) is 0. The van der Waals surface area contributed by atoms with E-state index in [1.807, 2.05) is 0 Å². The highest BCUT2D eigenvalue weighted by Gasteiger charge is 2.06. The summed E-state index contributed by atoms with van der Waals surface area (Å²) in [4.78, 5) is 0. The maximum absolute atomic E-state index is 5.27. The second-order valence-corrected chi connectivity index (χ2v) is 6.56. The largest absolute Gasteiger partial charge is 0.120 e. The molecule has 0 radical (unpaired) electrons. The molecule has 0 saturated heterocycles. The summed E-state index contributed by atoms with van der Waals surface area (Å²) in [5.74, 6) is 5.38. The molecule has 0 aromatic rings. The molecule has 0 aromatic heterocycles. The van der Waals surface area contributed by atoms with E-state index in [-0.39, 0.29) is 0 Å². The van der Waals surface area contributed by atoms with Crippen LogP contribution in [-0.2, 0) is 0 Å². The van der Waals surface area contributed by atoms with Crippen molar-refractivity contribution in [3.8, 4) is 12.3 Å². The Morgan fingerprint density at radius 3 is 1.61 bits per heavy atom. The summed E-state index contributed by atoms with van der Waals surface area (Å²) in [6, 6.07) is 0. The van der Waals surface area contributed by atoms with Gasteiger partial charge in [0.15, 0.2) is 0 Å². The van der Waals surface area contributed by atoms with Crippen molar-refractivity contribution in [1.29, 1.82) is 0 Å². The fraction of sp³-hybridized carbons (Fsp3) is 0.889. The van der Waals surface area contributed by atoms with Gasteiger partial charge in [0.05, 0.1) is 0 Å². The van der Waals surface area contributed by atoms with Crippen molar-refractivity contribution in [2.24, 2.45) is 17.8 Å². The van der Waals surface area contributed by atoms with E-state index in [0.29, 0.717) is 0 Å². The number of unbranched alkanes of at least 4 members (excludes halogenated alkanes) is 1. The van der Waals surface area contributed by atoms with Crippen molar-refractivity contribution in [1.82, 2.24) is 0 Å². The molecular weight excluding hydrogens is 216 g/mol. The first-order chi connectivity index (χ1) is 8.56. The van der Waals surface area contributed by atoms with Crippen molar-refractivity contribution >= 4 is 0 Å². The summed E-state index contributed by atoms with van der Waals surface area (Å²) in [5, 5.41) is 0. The molecule has 0 nitrogen and oxygen atoms in total. The fourth-order valence-electron chi connectivity index (χ4n) is 2.53. The molecule has 0 rings (SSSR count). The Labute approximate surface area is 116 Å². The summed E-state index contributed by atoms with van der Waals surface area (Å²) in [5.41, 5.74) is 0. The standard InChI is InChI=1S/C18H34/c1-6-7-8-12-17(4)14-10-15-18(5)13-9-11-16(2)3/h1,16-18H,7-15H2,2-5H3/t17-,18+/m0/s1. The topological polar surface area (TPSA) is 0 Å². The van der Waals surface area contributed by atoms with E-state index in [9.17, 15) is 0 Å². The normalized spacial score (nSPS) is 14.4. The van der Waals surface area contributed by atoms with Gasteiger partial charge in [0.25, 0.3) is 0 Å². The van der Waals surface area contributed by atoms with E-state index < -0.39 is 0 Å². The first kappa shape index (κ1) is 17.6. The van der Waals surface area contributed by atoms with Gasteiger partial charge in [0.1, 0.15) is 0 Å². The fourth-order valence-corrected chi connectivity index (χ4v) is 2.53. The summed E-state index contributed by atoms with van der Waals surface area (Å²) in [6.45, 7) is 9.44. The molecule has 0 bridgehead atoms. The average molecular weight is 250 g/mol. The number of hydrogen-bond acceptors (Lipinski definition) is 0. The zero-order valence-electron chi connectivity index (χ0n) is 13.2. The van der Waals surface area contributed by atoms with Gasteiger partial charge < -0.3 is 0 Å². The minimum Gasteiger partial charge on any atom is -0.120 e. The summed E-state index contributed by atoms with van der Waals surface area (Å²) in [6.07, 6.45) is 17.2. The number of rotatable bonds is 11. The van der Waals surface area contributed by atoms with Gasteiger partial charge in [-0.05, 0) is 30.6 Å². The molecule has 0 heteroatoms. The van der Waals surface area contributed by atoms with E-state index in [2.05, 4.69) is 33.6 Å². The van der Waals surface area contributed by atoms with Crippen LogP contribution in [0.5, 0.6) is 0 Å². The van der Waals surface area contributed by atoms with E-state index in [1.54, 1.807) is 0 Å². The van der Waals surface area contributed by atoms with E-state index in [0.717, 1.165) is 24.2 Å². The lowest BCUT2D eigenvalue weighted by Gasteiger charge is -2.14. The summed E-state index contributed by atoms with van der Waals surface area (Å²) < 4.78 is 0. The van der Waals surface area contributed by atoms with Gasteiger partial charge in [-0.3, -0.25) is 0 Å². The Morgan fingerprint density at radius 1 is 0.722 bits per heavy atom. The highest BCUT2D eigenvalue weighted by molar-refractivity contribution is 4.83. The molecule has 0 spiro atoms. The van der Waals surface area contributed by atoms with Crippen LogP contribution in [0.3, 0.4) is 0 Å². The highest BCUT2D eigenvalue weighted by atomic mass is 14.1. The molecule has 0 aliphatic rings. The smallest absolute Gasteiger partial charge is 0.00861 e. The first-order valence-corrected chi connectivity index (χ1v) is 7.99. The van der Waals surface area contributed by atoms with Gasteiger partial charge in [-0.25, -0.2) is 0 Å². The Bertz CT molecular complexity index is 209. The lowest BCUT2D eigenvalue weighted by atomic mass is 9.92. The zero-order valence-corrected chi connectivity index (χ0v) is 13.2. The molecule has 0 aromatic carbocycles. The Hall–Kier alpha value is -0.440. The summed E-state index contributed by atoms with van der Waals surface area (Å²) >= 11 is 0. The molecule has 18 heavy (non-hydrogen) atoms. The molecule has 0 saturated carbocycles. The van der Waals surface area contributed by atoms with Gasteiger partial charge in [0, 0.05) is 6.42 Å². The maximum Gasteiger partial charge on any atom is 0.00861 e. The average Bonchev–Trinajstić information content (AvgIpc) is 2.29. The molecule has 0 N–H and O–H groups in total. The van der Waals surface area contributed by atoms with E-state index >= 15 is 0 Å². The van der Waals surface area contributed by atoms with Crippen LogP contribution in [0.25, 0.3) is 0 Å². The highest BCUT2D eigenvalue weighted by Crippen LogP contribution is 2.21. The summed E-state index contributed by atoms with van der Waals surface area (Å²) in [7, 11) is 0. The number of terminal acetylenes is 1. The third-order valence-electron chi connectivity index (χ3n) is 3.89. The lowest BCUT2D eigenvalue weighted by molar-refractivity contribution is 0.390. The quantitative estimate of drug-likeness (QED) is 0.309.